The van der Waals surface area contributed by atoms with Crippen LogP contribution in [0, 0.1) is 6.92 Å². The summed E-state index contributed by atoms with van der Waals surface area (Å²) in [5.41, 5.74) is 10.7. The molecule has 6 aromatic carbocycles. The molecule has 2 heteroatoms. The maximum absolute atomic E-state index is 2.36. The Bertz CT molecular complexity index is 1880. The number of aromatic nitrogens is 1. The standard InChI is InChI=1S/C37H28N2/c1-27-16-18-28(19-17-27)29-20-22-32(23-21-29)38(30-10-4-2-5-11-30)33-24-25-37-35(26-33)34-14-8-9-15-36(34)39(37)31-12-6-3-7-13-31/h2-26H,1H3. The monoisotopic (exact) mass is 500 g/mol. The second kappa shape index (κ2) is 9.66. The molecule has 0 spiro atoms. The van der Waals surface area contributed by atoms with Gasteiger partial charge in [0, 0.05) is 33.5 Å². The van der Waals surface area contributed by atoms with E-state index in [0.717, 1.165) is 17.1 Å². The van der Waals surface area contributed by atoms with Crippen LogP contribution in [0.3, 0.4) is 0 Å². The minimum absolute atomic E-state index is 1.13. The minimum atomic E-state index is 1.13. The second-order valence-corrected chi connectivity index (χ2v) is 9.97. The molecular formula is C37H28N2. The summed E-state index contributed by atoms with van der Waals surface area (Å²) in [6.45, 7) is 2.12. The molecule has 2 nitrogen and oxygen atoms in total. The summed E-state index contributed by atoms with van der Waals surface area (Å²) in [6.07, 6.45) is 0. The van der Waals surface area contributed by atoms with Gasteiger partial charge in [-0.25, -0.2) is 0 Å². The number of para-hydroxylation sites is 3. The molecule has 1 heterocycles. The molecule has 39 heavy (non-hydrogen) atoms. The van der Waals surface area contributed by atoms with Gasteiger partial charge in [0.2, 0.25) is 0 Å². The predicted octanol–water partition coefficient (Wildman–Crippen LogP) is 10.2. The quantitative estimate of drug-likeness (QED) is 0.228. The molecule has 0 fully saturated rings. The van der Waals surface area contributed by atoms with Gasteiger partial charge in [0.05, 0.1) is 11.0 Å². The second-order valence-electron chi connectivity index (χ2n) is 9.97. The van der Waals surface area contributed by atoms with Crippen molar-refractivity contribution < 1.29 is 0 Å². The Morgan fingerprint density at radius 3 is 1.69 bits per heavy atom. The third-order valence-corrected chi connectivity index (χ3v) is 7.45. The highest BCUT2D eigenvalue weighted by Gasteiger charge is 2.17. The van der Waals surface area contributed by atoms with Crippen molar-refractivity contribution in [2.75, 3.05) is 4.90 Å². The zero-order chi connectivity index (χ0) is 26.2. The molecule has 0 amide bonds. The number of hydrogen-bond donors (Lipinski definition) is 0. The van der Waals surface area contributed by atoms with Crippen molar-refractivity contribution in [3.63, 3.8) is 0 Å². The van der Waals surface area contributed by atoms with Crippen molar-refractivity contribution in [2.24, 2.45) is 0 Å². The zero-order valence-corrected chi connectivity index (χ0v) is 21.8. The van der Waals surface area contributed by atoms with Gasteiger partial charge < -0.3 is 9.47 Å². The smallest absolute Gasteiger partial charge is 0.0542 e. The van der Waals surface area contributed by atoms with Crippen LogP contribution in [0.4, 0.5) is 17.1 Å². The topological polar surface area (TPSA) is 8.17 Å². The first-order valence-corrected chi connectivity index (χ1v) is 13.4. The molecule has 1 aromatic heterocycles. The summed E-state index contributed by atoms with van der Waals surface area (Å²) in [5.74, 6) is 0. The molecule has 0 bridgehead atoms. The molecule has 186 valence electrons. The number of nitrogens with zero attached hydrogens (tertiary/aromatic N) is 2. The lowest BCUT2D eigenvalue weighted by atomic mass is 10.0. The molecule has 0 unspecified atom stereocenters. The van der Waals surface area contributed by atoms with Crippen LogP contribution in [0.2, 0.25) is 0 Å². The van der Waals surface area contributed by atoms with Crippen LogP contribution in [-0.4, -0.2) is 4.57 Å². The number of hydrogen-bond acceptors (Lipinski definition) is 1. The lowest BCUT2D eigenvalue weighted by Crippen LogP contribution is -2.09. The Labute approximate surface area is 229 Å². The fraction of sp³-hybridized carbons (Fsp3) is 0.0270. The molecule has 0 aliphatic rings. The van der Waals surface area contributed by atoms with Gasteiger partial charge in [0.25, 0.3) is 0 Å². The third-order valence-electron chi connectivity index (χ3n) is 7.45. The molecule has 7 aromatic rings. The normalized spacial score (nSPS) is 11.2. The molecule has 0 aliphatic heterocycles. The lowest BCUT2D eigenvalue weighted by Gasteiger charge is -2.26. The van der Waals surface area contributed by atoms with Gasteiger partial charge in [0.1, 0.15) is 0 Å². The Balaban J connectivity index is 1.39. The highest BCUT2D eigenvalue weighted by atomic mass is 15.1. The number of benzene rings is 6. The van der Waals surface area contributed by atoms with Crippen LogP contribution >= 0.6 is 0 Å². The van der Waals surface area contributed by atoms with Crippen molar-refractivity contribution in [2.45, 2.75) is 6.92 Å². The van der Waals surface area contributed by atoms with E-state index in [1.807, 2.05) is 0 Å². The van der Waals surface area contributed by atoms with E-state index in [-0.39, 0.29) is 0 Å². The van der Waals surface area contributed by atoms with Crippen molar-refractivity contribution in [3.05, 3.63) is 157 Å². The summed E-state index contributed by atoms with van der Waals surface area (Å²) in [4.78, 5) is 2.34. The van der Waals surface area contributed by atoms with Crippen molar-refractivity contribution in [1.82, 2.24) is 4.57 Å². The first-order chi connectivity index (χ1) is 19.3. The van der Waals surface area contributed by atoms with E-state index in [1.54, 1.807) is 0 Å². The van der Waals surface area contributed by atoms with Crippen LogP contribution in [-0.2, 0) is 0 Å². The van der Waals surface area contributed by atoms with Gasteiger partial charge >= 0.3 is 0 Å². The van der Waals surface area contributed by atoms with Gasteiger partial charge in [-0.15, -0.1) is 0 Å². The molecule has 0 atom stereocenters. The highest BCUT2D eigenvalue weighted by molar-refractivity contribution is 6.10. The average molecular weight is 501 g/mol. The Morgan fingerprint density at radius 1 is 0.436 bits per heavy atom. The summed E-state index contributed by atoms with van der Waals surface area (Å²) in [6, 6.07) is 54.3. The highest BCUT2D eigenvalue weighted by Crippen LogP contribution is 2.40. The molecule has 0 saturated carbocycles. The van der Waals surface area contributed by atoms with E-state index >= 15 is 0 Å². The fourth-order valence-electron chi connectivity index (χ4n) is 5.53. The van der Waals surface area contributed by atoms with E-state index in [2.05, 4.69) is 168 Å². The largest absolute Gasteiger partial charge is 0.310 e. The van der Waals surface area contributed by atoms with Gasteiger partial charge in [-0.05, 0) is 78.7 Å². The SMILES string of the molecule is Cc1ccc(-c2ccc(N(c3ccccc3)c3ccc4c(c3)c3ccccc3n4-c3ccccc3)cc2)cc1. The Kier molecular flexibility index (Phi) is 5.71. The maximum Gasteiger partial charge on any atom is 0.0542 e. The Hall–Kier alpha value is -5.08. The number of fused-ring (bicyclic) bond motifs is 3. The Morgan fingerprint density at radius 2 is 0.974 bits per heavy atom. The molecule has 0 radical (unpaired) electrons. The average Bonchev–Trinajstić information content (AvgIpc) is 3.33. The number of anilines is 3. The number of rotatable bonds is 5. The first-order valence-electron chi connectivity index (χ1n) is 13.4. The van der Waals surface area contributed by atoms with E-state index in [4.69, 9.17) is 0 Å². The van der Waals surface area contributed by atoms with Crippen molar-refractivity contribution in [1.29, 1.82) is 0 Å². The molecule has 0 saturated heterocycles. The van der Waals surface area contributed by atoms with E-state index in [0.29, 0.717) is 0 Å². The van der Waals surface area contributed by atoms with Crippen LogP contribution in [0.25, 0.3) is 38.6 Å². The van der Waals surface area contributed by atoms with Crippen LogP contribution in [0.5, 0.6) is 0 Å². The van der Waals surface area contributed by atoms with Crippen molar-refractivity contribution in [3.8, 4) is 16.8 Å². The minimum Gasteiger partial charge on any atom is -0.310 e. The zero-order valence-electron chi connectivity index (χ0n) is 21.8. The molecule has 7 rings (SSSR count). The maximum atomic E-state index is 2.36. The third kappa shape index (κ3) is 4.17. The van der Waals surface area contributed by atoms with Gasteiger partial charge in [-0.3, -0.25) is 0 Å². The molecule has 0 N–H and O–H groups in total. The first kappa shape index (κ1) is 23.1. The summed E-state index contributed by atoms with van der Waals surface area (Å²) in [7, 11) is 0. The summed E-state index contributed by atoms with van der Waals surface area (Å²) >= 11 is 0. The fourth-order valence-corrected chi connectivity index (χ4v) is 5.53. The van der Waals surface area contributed by atoms with Gasteiger partial charge in [-0.1, -0.05) is 96.6 Å². The van der Waals surface area contributed by atoms with Crippen LogP contribution in [0.15, 0.2) is 152 Å². The number of aryl methyl sites for hydroxylation is 1. The van der Waals surface area contributed by atoms with E-state index in [1.165, 1.54) is 44.2 Å². The van der Waals surface area contributed by atoms with Gasteiger partial charge in [0.15, 0.2) is 0 Å². The van der Waals surface area contributed by atoms with E-state index in [9.17, 15) is 0 Å². The molecule has 0 aliphatic carbocycles. The van der Waals surface area contributed by atoms with Crippen LogP contribution in [0.1, 0.15) is 5.56 Å². The van der Waals surface area contributed by atoms with Gasteiger partial charge in [-0.2, -0.15) is 0 Å². The van der Waals surface area contributed by atoms with E-state index < -0.39 is 0 Å². The van der Waals surface area contributed by atoms with Crippen LogP contribution < -0.4 is 4.90 Å². The summed E-state index contributed by atoms with van der Waals surface area (Å²) in [5, 5.41) is 2.49. The predicted molar refractivity (Wildman–Crippen MR) is 166 cm³/mol. The molecular weight excluding hydrogens is 472 g/mol. The van der Waals surface area contributed by atoms with Crippen molar-refractivity contribution >= 4 is 38.9 Å². The lowest BCUT2D eigenvalue weighted by molar-refractivity contribution is 1.18. The summed E-state index contributed by atoms with van der Waals surface area (Å²) < 4.78 is 2.36.